The third kappa shape index (κ3) is 2.22. The van der Waals surface area contributed by atoms with E-state index in [1.165, 1.54) is 31.2 Å². The molecule has 3 N–H and O–H groups in total. The van der Waals surface area contributed by atoms with Gasteiger partial charge in [-0.2, -0.15) is 13.8 Å². The van der Waals surface area contributed by atoms with Gasteiger partial charge in [0.1, 0.15) is 11.3 Å². The minimum atomic E-state index is -2.92. The lowest BCUT2D eigenvalue weighted by Gasteiger charge is -2.21. The molecule has 1 atom stereocenters. The Labute approximate surface area is 107 Å². The van der Waals surface area contributed by atoms with Gasteiger partial charge in [-0.1, -0.05) is 12.1 Å². The lowest BCUT2D eigenvalue weighted by atomic mass is 9.92. The number of halogens is 2. The predicted octanol–water partition coefficient (Wildman–Crippen LogP) is 0.929. The number of nitrogens with one attached hydrogen (secondary N) is 1. The molecule has 0 unspecified atom stereocenters. The number of imide groups is 1. The van der Waals surface area contributed by atoms with Crippen LogP contribution in [0.5, 0.6) is 5.75 Å². The number of alkyl halides is 2. The Bertz CT molecular complexity index is 520. The molecule has 6 nitrogen and oxygen atoms in total. The monoisotopic (exact) mass is 271 g/mol. The number of ether oxygens (including phenoxy) is 1. The van der Waals surface area contributed by atoms with E-state index in [9.17, 15) is 18.4 Å². The summed E-state index contributed by atoms with van der Waals surface area (Å²) in [7, 11) is 0. The predicted molar refractivity (Wildman–Crippen MR) is 60.0 cm³/mol. The smallest absolute Gasteiger partial charge is 0.387 e. The van der Waals surface area contributed by atoms with Crippen LogP contribution in [-0.2, 0) is 10.3 Å². The number of carbonyl (C=O) groups excluding carboxylic acids is 2. The van der Waals surface area contributed by atoms with E-state index < -0.39 is 24.1 Å². The number of nitrogens with two attached hydrogens (primary N) is 1. The first-order valence-electron chi connectivity index (χ1n) is 5.31. The normalized spacial score (nSPS) is 22.9. The summed E-state index contributed by atoms with van der Waals surface area (Å²) in [5, 5.41) is 2.91. The van der Waals surface area contributed by atoms with Crippen molar-refractivity contribution in [2.24, 2.45) is 5.84 Å². The zero-order chi connectivity index (χ0) is 14.2. The molecule has 0 aliphatic carbocycles. The molecule has 19 heavy (non-hydrogen) atoms. The molecule has 1 aliphatic heterocycles. The average Bonchev–Trinajstić information content (AvgIpc) is 2.54. The Kier molecular flexibility index (Phi) is 3.11. The van der Waals surface area contributed by atoms with Gasteiger partial charge in [0.15, 0.2) is 0 Å². The summed E-state index contributed by atoms with van der Waals surface area (Å²) in [5.41, 5.74) is -0.893. The van der Waals surface area contributed by atoms with Crippen LogP contribution in [0.25, 0.3) is 0 Å². The highest BCUT2D eigenvalue weighted by atomic mass is 19.3. The van der Waals surface area contributed by atoms with Crippen molar-refractivity contribution in [1.29, 1.82) is 0 Å². The summed E-state index contributed by atoms with van der Waals surface area (Å²) in [5.74, 6) is 4.62. The quantitative estimate of drug-likeness (QED) is 0.486. The van der Waals surface area contributed by atoms with Gasteiger partial charge in [-0.3, -0.25) is 4.79 Å². The highest BCUT2D eigenvalue weighted by Crippen LogP contribution is 2.28. The second-order valence-corrected chi connectivity index (χ2v) is 4.13. The summed E-state index contributed by atoms with van der Waals surface area (Å²) >= 11 is 0. The first-order chi connectivity index (χ1) is 8.84. The zero-order valence-corrected chi connectivity index (χ0v) is 9.89. The molecule has 0 bridgehead atoms. The first-order valence-corrected chi connectivity index (χ1v) is 5.31. The van der Waals surface area contributed by atoms with Crippen molar-refractivity contribution >= 4 is 11.9 Å². The van der Waals surface area contributed by atoms with E-state index in [0.717, 1.165) is 0 Å². The molecular weight excluding hydrogens is 260 g/mol. The van der Waals surface area contributed by atoms with Crippen LogP contribution >= 0.6 is 0 Å². The fourth-order valence-electron chi connectivity index (χ4n) is 1.83. The number of urea groups is 1. The molecule has 1 saturated heterocycles. The number of hydrogen-bond donors (Lipinski definition) is 2. The number of hydrazine groups is 1. The van der Waals surface area contributed by atoms with Crippen LogP contribution in [-0.4, -0.2) is 23.6 Å². The molecule has 1 aromatic carbocycles. The molecule has 2 rings (SSSR count). The molecule has 8 heteroatoms. The lowest BCUT2D eigenvalue weighted by molar-refractivity contribution is -0.131. The molecule has 0 saturated carbocycles. The minimum absolute atomic E-state index is 0.0382. The van der Waals surface area contributed by atoms with Crippen LogP contribution in [0.3, 0.4) is 0 Å². The van der Waals surface area contributed by atoms with E-state index in [1.54, 1.807) is 0 Å². The van der Waals surface area contributed by atoms with Crippen LogP contribution in [0.4, 0.5) is 13.6 Å². The molecule has 1 aliphatic rings. The van der Waals surface area contributed by atoms with E-state index in [4.69, 9.17) is 5.84 Å². The van der Waals surface area contributed by atoms with E-state index >= 15 is 0 Å². The first kappa shape index (κ1) is 13.2. The van der Waals surface area contributed by atoms with Crippen molar-refractivity contribution in [3.05, 3.63) is 29.8 Å². The van der Waals surface area contributed by atoms with Crippen LogP contribution in [0, 0.1) is 0 Å². The maximum Gasteiger partial charge on any atom is 0.387 e. The van der Waals surface area contributed by atoms with Crippen LogP contribution in [0.2, 0.25) is 0 Å². The number of rotatable bonds is 3. The molecular formula is C11H11F2N3O3. The standard InChI is InChI=1S/C11H11F2N3O3/c1-11(8(17)16(14)10(18)15-11)6-2-4-7(5-3-6)19-9(12)13/h2-5,9H,14H2,1H3,(H,15,18)/t11-/m1/s1. The van der Waals surface area contributed by atoms with E-state index in [2.05, 4.69) is 10.1 Å². The SMILES string of the molecule is C[C@]1(c2ccc(OC(F)F)cc2)NC(=O)N(N)C1=O. The number of hydrogen-bond acceptors (Lipinski definition) is 4. The summed E-state index contributed by atoms with van der Waals surface area (Å²) < 4.78 is 28.2. The third-order valence-corrected chi connectivity index (χ3v) is 2.88. The lowest BCUT2D eigenvalue weighted by Crippen LogP contribution is -2.42. The second-order valence-electron chi connectivity index (χ2n) is 4.13. The number of amides is 3. The fourth-order valence-corrected chi connectivity index (χ4v) is 1.83. The van der Waals surface area contributed by atoms with Crippen molar-refractivity contribution in [3.63, 3.8) is 0 Å². The highest BCUT2D eigenvalue weighted by molar-refractivity contribution is 6.06. The average molecular weight is 271 g/mol. The van der Waals surface area contributed by atoms with Crippen molar-refractivity contribution < 1.29 is 23.1 Å². The maximum atomic E-state index is 12.0. The van der Waals surface area contributed by atoms with Crippen LogP contribution < -0.4 is 15.9 Å². The molecule has 3 amide bonds. The van der Waals surface area contributed by atoms with Gasteiger partial charge >= 0.3 is 12.6 Å². The van der Waals surface area contributed by atoms with Gasteiger partial charge in [-0.05, 0) is 24.6 Å². The zero-order valence-electron chi connectivity index (χ0n) is 9.89. The number of benzene rings is 1. The molecule has 0 spiro atoms. The second kappa shape index (κ2) is 4.47. The fraction of sp³-hybridized carbons (Fsp3) is 0.273. The maximum absolute atomic E-state index is 12.0. The molecule has 102 valence electrons. The Morgan fingerprint density at radius 3 is 2.32 bits per heavy atom. The third-order valence-electron chi connectivity index (χ3n) is 2.88. The van der Waals surface area contributed by atoms with E-state index in [1.807, 2.05) is 0 Å². The summed E-state index contributed by atoms with van der Waals surface area (Å²) in [6, 6.07) is 4.67. The molecule has 0 aromatic heterocycles. The van der Waals surface area contributed by atoms with Gasteiger partial charge in [0.25, 0.3) is 5.91 Å². The molecule has 1 fully saturated rings. The summed E-state index contributed by atoms with van der Waals surface area (Å²) in [6.45, 7) is -1.45. The van der Waals surface area contributed by atoms with Gasteiger partial charge in [-0.25, -0.2) is 10.6 Å². The summed E-state index contributed by atoms with van der Waals surface area (Å²) in [6.07, 6.45) is 0. The molecule has 0 radical (unpaired) electrons. The highest BCUT2D eigenvalue weighted by Gasteiger charge is 2.48. The topological polar surface area (TPSA) is 84.7 Å². The van der Waals surface area contributed by atoms with E-state index in [0.29, 0.717) is 10.6 Å². The van der Waals surface area contributed by atoms with Crippen LogP contribution in [0.15, 0.2) is 24.3 Å². The Balaban J connectivity index is 2.27. The number of nitrogens with zero attached hydrogens (tertiary/aromatic N) is 1. The van der Waals surface area contributed by atoms with Crippen LogP contribution in [0.1, 0.15) is 12.5 Å². The molecule has 1 heterocycles. The van der Waals surface area contributed by atoms with E-state index in [-0.39, 0.29) is 5.75 Å². The van der Waals surface area contributed by atoms with Crippen molar-refractivity contribution in [3.8, 4) is 5.75 Å². The number of carbonyl (C=O) groups is 2. The molecule has 1 aromatic rings. The van der Waals surface area contributed by atoms with Crippen molar-refractivity contribution in [2.75, 3.05) is 0 Å². The van der Waals surface area contributed by atoms with Crippen molar-refractivity contribution in [1.82, 2.24) is 10.3 Å². The van der Waals surface area contributed by atoms with Gasteiger partial charge in [-0.15, -0.1) is 0 Å². The Hall–Kier alpha value is -2.22. The van der Waals surface area contributed by atoms with Gasteiger partial charge in [0.05, 0.1) is 0 Å². The minimum Gasteiger partial charge on any atom is -0.435 e. The summed E-state index contributed by atoms with van der Waals surface area (Å²) in [4.78, 5) is 23.2. The Morgan fingerprint density at radius 2 is 1.89 bits per heavy atom. The van der Waals surface area contributed by atoms with Gasteiger partial charge < -0.3 is 10.1 Å². The van der Waals surface area contributed by atoms with Gasteiger partial charge in [0, 0.05) is 0 Å². The Morgan fingerprint density at radius 1 is 1.32 bits per heavy atom. The largest absolute Gasteiger partial charge is 0.435 e. The van der Waals surface area contributed by atoms with Crippen molar-refractivity contribution in [2.45, 2.75) is 19.1 Å². The van der Waals surface area contributed by atoms with Gasteiger partial charge in [0.2, 0.25) is 0 Å².